The van der Waals surface area contributed by atoms with Gasteiger partial charge >= 0.3 is 0 Å². The van der Waals surface area contributed by atoms with Crippen molar-refractivity contribution >= 4 is 5.78 Å². The molecule has 16 heavy (non-hydrogen) atoms. The average Bonchev–Trinajstić information content (AvgIpc) is 2.22. The largest absolute Gasteiger partial charge is 0.299 e. The summed E-state index contributed by atoms with van der Waals surface area (Å²) in [5.41, 5.74) is -0.955. The Morgan fingerprint density at radius 1 is 0.938 bits per heavy atom. The Balaban J connectivity index is 4.64. The van der Waals surface area contributed by atoms with Crippen LogP contribution in [-0.2, 0) is 4.79 Å². The second-order valence-electron chi connectivity index (χ2n) is 5.41. The van der Waals surface area contributed by atoms with Crippen LogP contribution >= 0.6 is 0 Å². The van der Waals surface area contributed by atoms with Crippen LogP contribution in [0.5, 0.6) is 0 Å². The van der Waals surface area contributed by atoms with Gasteiger partial charge in [-0.15, -0.1) is 0 Å². The molecule has 88 valence electrons. The fourth-order valence-electron chi connectivity index (χ4n) is 1.88. The van der Waals surface area contributed by atoms with E-state index in [1.807, 2.05) is 27.7 Å². The maximum atomic E-state index is 12.3. The molecule has 0 aliphatic rings. The maximum Gasteiger partial charge on any atom is 0.144 e. The zero-order chi connectivity index (χ0) is 12.8. The van der Waals surface area contributed by atoms with E-state index in [0.717, 1.165) is 0 Å². The molecule has 0 heterocycles. The number of hydrogen-bond donors (Lipinski definition) is 0. The van der Waals surface area contributed by atoms with Gasteiger partial charge in [-0.3, -0.25) is 4.79 Å². The molecule has 0 aliphatic heterocycles. The van der Waals surface area contributed by atoms with Crippen molar-refractivity contribution in [3.63, 3.8) is 0 Å². The minimum absolute atomic E-state index is 0.144. The summed E-state index contributed by atoms with van der Waals surface area (Å²) in [6.07, 6.45) is 1.96. The van der Waals surface area contributed by atoms with Crippen LogP contribution in [0.25, 0.3) is 0 Å². The van der Waals surface area contributed by atoms with Crippen molar-refractivity contribution in [1.29, 1.82) is 10.5 Å². The number of ketones is 1. The quantitative estimate of drug-likeness (QED) is 0.690. The Morgan fingerprint density at radius 2 is 1.25 bits per heavy atom. The van der Waals surface area contributed by atoms with Crippen LogP contribution in [0, 0.1) is 33.5 Å². The van der Waals surface area contributed by atoms with E-state index in [0.29, 0.717) is 25.7 Å². The van der Waals surface area contributed by atoms with E-state index in [1.54, 1.807) is 0 Å². The summed E-state index contributed by atoms with van der Waals surface area (Å²) in [6.45, 7) is 7.50. The molecule has 3 heteroatoms. The summed E-state index contributed by atoms with van der Waals surface area (Å²) < 4.78 is 0. The van der Waals surface area contributed by atoms with E-state index < -0.39 is 10.8 Å². The highest BCUT2D eigenvalue weighted by Crippen LogP contribution is 2.35. The molecule has 0 spiro atoms. The van der Waals surface area contributed by atoms with Crippen molar-refractivity contribution in [3.05, 3.63) is 0 Å². The van der Waals surface area contributed by atoms with E-state index in [2.05, 4.69) is 12.1 Å². The lowest BCUT2D eigenvalue weighted by Gasteiger charge is -2.32. The molecule has 0 saturated heterocycles. The van der Waals surface area contributed by atoms with E-state index in [-0.39, 0.29) is 5.78 Å². The van der Waals surface area contributed by atoms with Gasteiger partial charge in [0.25, 0.3) is 0 Å². The third-order valence-electron chi connectivity index (χ3n) is 2.95. The minimum Gasteiger partial charge on any atom is -0.299 e. The number of nitriles is 2. The van der Waals surface area contributed by atoms with Crippen LogP contribution in [0.4, 0.5) is 0 Å². The third kappa shape index (κ3) is 4.03. The molecule has 0 aliphatic carbocycles. The van der Waals surface area contributed by atoms with Crippen molar-refractivity contribution in [1.82, 2.24) is 0 Å². The first-order chi connectivity index (χ1) is 7.28. The SMILES string of the molecule is CC(C)(CCC#N)C(=O)C(C)(C)CCC#N. The van der Waals surface area contributed by atoms with Crippen LogP contribution in [0.15, 0.2) is 0 Å². The van der Waals surface area contributed by atoms with Gasteiger partial charge in [-0.05, 0) is 12.8 Å². The summed E-state index contributed by atoms with van der Waals surface area (Å²) in [5.74, 6) is 0.144. The molecule has 0 N–H and O–H groups in total. The molecular formula is C13H20N2O. The van der Waals surface area contributed by atoms with Gasteiger partial charge in [-0.1, -0.05) is 27.7 Å². The third-order valence-corrected chi connectivity index (χ3v) is 2.95. The molecule has 0 aromatic rings. The standard InChI is InChI=1S/C13H20N2O/c1-12(2,7-5-9-14)11(16)13(3,4)8-6-10-15/h5-8H2,1-4H3. The fraction of sp³-hybridized carbons (Fsp3) is 0.769. The molecule has 0 unspecified atom stereocenters. The monoisotopic (exact) mass is 220 g/mol. The van der Waals surface area contributed by atoms with E-state index >= 15 is 0 Å². The highest BCUT2D eigenvalue weighted by atomic mass is 16.1. The number of rotatable bonds is 6. The van der Waals surface area contributed by atoms with Gasteiger partial charge in [-0.2, -0.15) is 10.5 Å². The minimum atomic E-state index is -0.477. The van der Waals surface area contributed by atoms with Gasteiger partial charge in [0, 0.05) is 23.7 Å². The number of nitrogens with zero attached hydrogens (tertiary/aromatic N) is 2. The Hall–Kier alpha value is -1.35. The second kappa shape index (κ2) is 5.66. The van der Waals surface area contributed by atoms with Crippen LogP contribution in [0.1, 0.15) is 53.4 Å². The first kappa shape index (κ1) is 14.6. The predicted molar refractivity (Wildman–Crippen MR) is 62.3 cm³/mol. The number of Topliss-reactive ketones (excluding diaryl/α,β-unsaturated/α-hetero) is 1. The van der Waals surface area contributed by atoms with Crippen LogP contribution < -0.4 is 0 Å². The Kier molecular flexibility index (Phi) is 5.18. The van der Waals surface area contributed by atoms with Crippen molar-refractivity contribution in [2.45, 2.75) is 53.4 Å². The molecule has 0 aromatic carbocycles. The number of carbonyl (C=O) groups is 1. The normalized spacial score (nSPS) is 11.6. The fourth-order valence-corrected chi connectivity index (χ4v) is 1.88. The first-order valence-corrected chi connectivity index (χ1v) is 5.57. The van der Waals surface area contributed by atoms with Gasteiger partial charge in [-0.25, -0.2) is 0 Å². The zero-order valence-corrected chi connectivity index (χ0v) is 10.6. The summed E-state index contributed by atoms with van der Waals surface area (Å²) in [6, 6.07) is 4.14. The predicted octanol–water partition coefficient (Wildman–Crippen LogP) is 3.22. The molecule has 0 radical (unpaired) electrons. The Labute approximate surface area is 98.1 Å². The number of carbonyl (C=O) groups excluding carboxylic acids is 1. The van der Waals surface area contributed by atoms with Crippen LogP contribution in [0.2, 0.25) is 0 Å². The lowest BCUT2D eigenvalue weighted by Crippen LogP contribution is -2.36. The first-order valence-electron chi connectivity index (χ1n) is 5.57. The van der Waals surface area contributed by atoms with Crippen molar-refractivity contribution in [2.75, 3.05) is 0 Å². The molecule has 0 saturated carbocycles. The van der Waals surface area contributed by atoms with E-state index in [9.17, 15) is 4.79 Å². The van der Waals surface area contributed by atoms with Gasteiger partial charge in [0.15, 0.2) is 0 Å². The van der Waals surface area contributed by atoms with Gasteiger partial charge in [0.05, 0.1) is 12.1 Å². The molecular weight excluding hydrogens is 200 g/mol. The Bertz CT molecular complexity index is 297. The van der Waals surface area contributed by atoms with Crippen LogP contribution in [-0.4, -0.2) is 5.78 Å². The molecule has 0 fully saturated rings. The summed E-state index contributed by atoms with van der Waals surface area (Å²) in [5, 5.41) is 17.1. The summed E-state index contributed by atoms with van der Waals surface area (Å²) in [7, 11) is 0. The zero-order valence-electron chi connectivity index (χ0n) is 10.6. The molecule has 0 aromatic heterocycles. The van der Waals surface area contributed by atoms with Crippen molar-refractivity contribution in [2.24, 2.45) is 10.8 Å². The Morgan fingerprint density at radius 3 is 1.50 bits per heavy atom. The van der Waals surface area contributed by atoms with Crippen molar-refractivity contribution in [3.8, 4) is 12.1 Å². The highest BCUT2D eigenvalue weighted by molar-refractivity contribution is 5.89. The molecule has 0 atom stereocenters. The van der Waals surface area contributed by atoms with E-state index in [4.69, 9.17) is 10.5 Å². The molecule has 3 nitrogen and oxygen atoms in total. The second-order valence-corrected chi connectivity index (χ2v) is 5.41. The molecule has 0 rings (SSSR count). The maximum absolute atomic E-state index is 12.3. The van der Waals surface area contributed by atoms with Crippen LogP contribution in [0.3, 0.4) is 0 Å². The van der Waals surface area contributed by atoms with Gasteiger partial charge in [0.2, 0.25) is 0 Å². The van der Waals surface area contributed by atoms with E-state index in [1.165, 1.54) is 0 Å². The topological polar surface area (TPSA) is 64.7 Å². The van der Waals surface area contributed by atoms with Gasteiger partial charge < -0.3 is 0 Å². The lowest BCUT2D eigenvalue weighted by atomic mass is 9.70. The smallest absolute Gasteiger partial charge is 0.144 e. The molecule has 0 bridgehead atoms. The van der Waals surface area contributed by atoms with Gasteiger partial charge in [0.1, 0.15) is 5.78 Å². The molecule has 0 amide bonds. The van der Waals surface area contributed by atoms with Crippen molar-refractivity contribution < 1.29 is 4.79 Å². The highest BCUT2D eigenvalue weighted by Gasteiger charge is 2.38. The lowest BCUT2D eigenvalue weighted by molar-refractivity contribution is -0.136. The summed E-state index contributed by atoms with van der Waals surface area (Å²) in [4.78, 5) is 12.3. The summed E-state index contributed by atoms with van der Waals surface area (Å²) >= 11 is 0. The number of hydrogen-bond acceptors (Lipinski definition) is 3. The average molecular weight is 220 g/mol.